The molecule has 2 heterocycles. The number of ether oxygens (including phenoxy) is 1. The third-order valence-corrected chi connectivity index (χ3v) is 9.27. The number of rotatable bonds is 3. The number of benzene rings is 5. The summed E-state index contributed by atoms with van der Waals surface area (Å²) in [6, 6.07) is 47.0. The van der Waals surface area contributed by atoms with Gasteiger partial charge in [0.15, 0.2) is 5.82 Å². The normalized spacial score (nSPS) is 16.7. The first kappa shape index (κ1) is 25.0. The van der Waals surface area contributed by atoms with E-state index in [-0.39, 0.29) is 6.10 Å². The second-order valence-corrected chi connectivity index (χ2v) is 11.6. The first-order chi connectivity index (χ1) is 21.8. The third kappa shape index (κ3) is 3.62. The van der Waals surface area contributed by atoms with Crippen molar-refractivity contribution in [3.63, 3.8) is 0 Å². The molecule has 3 aliphatic rings. The second-order valence-electron chi connectivity index (χ2n) is 11.6. The number of aromatic nitrogens is 2. The van der Waals surface area contributed by atoms with Crippen LogP contribution in [0.4, 0.5) is 0 Å². The van der Waals surface area contributed by atoms with Crippen LogP contribution in [0.25, 0.3) is 45.0 Å². The smallest absolute Gasteiger partial charge is 0.160 e. The highest BCUT2D eigenvalue weighted by atomic mass is 16.5. The lowest BCUT2D eigenvalue weighted by atomic mass is 9.63. The Morgan fingerprint density at radius 1 is 0.568 bits per heavy atom. The van der Waals surface area contributed by atoms with Crippen LogP contribution in [0.3, 0.4) is 0 Å². The maximum Gasteiger partial charge on any atom is 0.160 e. The predicted molar refractivity (Wildman–Crippen MR) is 176 cm³/mol. The molecule has 0 radical (unpaired) electrons. The van der Waals surface area contributed by atoms with Gasteiger partial charge in [-0.15, -0.1) is 0 Å². The Morgan fingerprint density at radius 2 is 1.18 bits per heavy atom. The lowest BCUT2D eigenvalue weighted by Crippen LogP contribution is -2.42. The van der Waals surface area contributed by atoms with E-state index in [1.807, 2.05) is 36.4 Å². The highest BCUT2D eigenvalue weighted by Crippen LogP contribution is 2.61. The first-order valence-electron chi connectivity index (χ1n) is 15.2. The van der Waals surface area contributed by atoms with Gasteiger partial charge in [-0.1, -0.05) is 140 Å². The maximum atomic E-state index is 6.88. The van der Waals surface area contributed by atoms with Gasteiger partial charge in [-0.3, -0.25) is 0 Å². The summed E-state index contributed by atoms with van der Waals surface area (Å²) >= 11 is 0. The van der Waals surface area contributed by atoms with E-state index < -0.39 is 5.41 Å². The molecule has 0 bridgehead atoms. The largest absolute Gasteiger partial charge is 0.485 e. The molecule has 1 atom stereocenters. The van der Waals surface area contributed by atoms with Crippen molar-refractivity contribution >= 4 is 0 Å². The molecule has 0 N–H and O–H groups in total. The summed E-state index contributed by atoms with van der Waals surface area (Å²) in [6.07, 6.45) is 7.48. The zero-order chi connectivity index (χ0) is 29.1. The molecule has 208 valence electrons. The van der Waals surface area contributed by atoms with Crippen molar-refractivity contribution in [1.82, 2.24) is 9.97 Å². The van der Waals surface area contributed by atoms with Crippen molar-refractivity contribution in [3.05, 3.63) is 174 Å². The quantitative estimate of drug-likeness (QED) is 0.215. The summed E-state index contributed by atoms with van der Waals surface area (Å²) < 4.78 is 6.88. The van der Waals surface area contributed by atoms with Crippen molar-refractivity contribution in [3.8, 4) is 50.8 Å². The van der Waals surface area contributed by atoms with Gasteiger partial charge < -0.3 is 4.74 Å². The van der Waals surface area contributed by atoms with Crippen LogP contribution in [-0.4, -0.2) is 16.1 Å². The van der Waals surface area contributed by atoms with Crippen LogP contribution in [0.5, 0.6) is 5.75 Å². The molecule has 1 aliphatic heterocycles. The topological polar surface area (TPSA) is 35.0 Å². The van der Waals surface area contributed by atoms with Gasteiger partial charge in [0.05, 0.1) is 16.8 Å². The predicted octanol–water partition coefficient (Wildman–Crippen LogP) is 9.44. The summed E-state index contributed by atoms with van der Waals surface area (Å²) in [5.74, 6) is 1.62. The highest BCUT2D eigenvalue weighted by Gasteiger charge is 2.53. The molecule has 44 heavy (non-hydrogen) atoms. The van der Waals surface area contributed by atoms with E-state index in [2.05, 4.69) is 115 Å². The molecular weight excluding hydrogens is 536 g/mol. The number of fused-ring (bicyclic) bond motifs is 9. The average Bonchev–Trinajstić information content (AvgIpc) is 3.39. The molecular formula is C41H28N2O. The van der Waals surface area contributed by atoms with Gasteiger partial charge in [-0.25, -0.2) is 9.97 Å². The molecule has 0 amide bonds. The number of nitrogens with zero attached hydrogens (tertiary/aromatic N) is 2. The Labute approximate surface area is 256 Å². The monoisotopic (exact) mass is 564 g/mol. The number of hydrogen-bond donors (Lipinski definition) is 0. The van der Waals surface area contributed by atoms with Crippen LogP contribution >= 0.6 is 0 Å². The Kier molecular flexibility index (Phi) is 5.54. The molecule has 0 saturated carbocycles. The van der Waals surface area contributed by atoms with E-state index in [1.165, 1.54) is 33.4 Å². The van der Waals surface area contributed by atoms with Gasteiger partial charge in [0.2, 0.25) is 0 Å². The van der Waals surface area contributed by atoms with E-state index in [4.69, 9.17) is 14.7 Å². The Morgan fingerprint density at radius 3 is 1.89 bits per heavy atom. The minimum atomic E-state index is -0.412. The molecule has 2 aliphatic carbocycles. The highest BCUT2D eigenvalue weighted by molar-refractivity contribution is 5.88. The zero-order valence-electron chi connectivity index (χ0n) is 24.0. The van der Waals surface area contributed by atoms with Crippen LogP contribution in [0.2, 0.25) is 0 Å². The fourth-order valence-corrected chi connectivity index (χ4v) is 7.39. The van der Waals surface area contributed by atoms with Gasteiger partial charge in [0.1, 0.15) is 11.9 Å². The van der Waals surface area contributed by atoms with Crippen molar-refractivity contribution in [1.29, 1.82) is 0 Å². The lowest BCUT2D eigenvalue weighted by Gasteiger charge is -2.45. The summed E-state index contributed by atoms with van der Waals surface area (Å²) in [5.41, 5.74) is 12.1. The average molecular weight is 565 g/mol. The van der Waals surface area contributed by atoms with Crippen molar-refractivity contribution in [2.75, 3.05) is 0 Å². The fraction of sp³-hybridized carbons (Fsp3) is 0.0732. The summed E-state index contributed by atoms with van der Waals surface area (Å²) in [5, 5.41) is 0. The van der Waals surface area contributed by atoms with E-state index in [9.17, 15) is 0 Å². The van der Waals surface area contributed by atoms with Crippen LogP contribution in [0.15, 0.2) is 157 Å². The lowest BCUT2D eigenvalue weighted by molar-refractivity contribution is 0.205. The Balaban J connectivity index is 1.27. The SMILES string of the molecule is C1=CCC2Oc3cc(-c4cc(-c5ccccc5)nc(-c5ccccc5)n4)ccc3C3(C2=C1)c1ccccc1-c1ccccc13. The molecule has 0 fully saturated rings. The molecule has 0 saturated heterocycles. The molecule has 1 spiro atoms. The summed E-state index contributed by atoms with van der Waals surface area (Å²) in [6.45, 7) is 0. The van der Waals surface area contributed by atoms with Crippen molar-refractivity contribution in [2.45, 2.75) is 17.9 Å². The molecule has 1 aromatic heterocycles. The van der Waals surface area contributed by atoms with Gasteiger partial charge in [-0.2, -0.15) is 0 Å². The first-order valence-corrected chi connectivity index (χ1v) is 15.2. The molecule has 3 heteroatoms. The Bertz CT molecular complexity index is 2020. The van der Waals surface area contributed by atoms with Crippen molar-refractivity contribution in [2.24, 2.45) is 0 Å². The molecule has 5 aromatic carbocycles. The van der Waals surface area contributed by atoms with Gasteiger partial charge in [-0.05, 0) is 40.0 Å². The molecule has 6 aromatic rings. The minimum absolute atomic E-state index is 0.0490. The van der Waals surface area contributed by atoms with Crippen molar-refractivity contribution < 1.29 is 4.74 Å². The summed E-state index contributed by atoms with van der Waals surface area (Å²) in [4.78, 5) is 10.1. The van der Waals surface area contributed by atoms with Crippen LogP contribution in [0, 0.1) is 0 Å². The summed E-state index contributed by atoms with van der Waals surface area (Å²) in [7, 11) is 0. The van der Waals surface area contributed by atoms with E-state index in [0.29, 0.717) is 5.82 Å². The van der Waals surface area contributed by atoms with Gasteiger partial charge in [0.25, 0.3) is 0 Å². The van der Waals surface area contributed by atoms with E-state index in [1.54, 1.807) is 0 Å². The molecule has 9 rings (SSSR count). The minimum Gasteiger partial charge on any atom is -0.485 e. The zero-order valence-corrected chi connectivity index (χ0v) is 24.0. The van der Waals surface area contributed by atoms with Crippen LogP contribution < -0.4 is 4.74 Å². The second kappa shape index (κ2) is 9.75. The standard InChI is InChI=1S/C41H28N2O/c1-3-13-27(14-4-1)36-26-37(43-40(42-36)28-15-5-2-6-16-28)29-23-24-35-39(25-29)44-38-22-12-11-21-34(38)41(35)32-19-9-7-17-30(32)31-18-8-10-20-33(31)41/h1-21,23-26,38H,22H2. The maximum absolute atomic E-state index is 6.88. The third-order valence-electron chi connectivity index (χ3n) is 9.27. The van der Waals surface area contributed by atoms with Gasteiger partial charge >= 0.3 is 0 Å². The van der Waals surface area contributed by atoms with Gasteiger partial charge in [0, 0.05) is 28.7 Å². The Hall–Kier alpha value is -5.54. The van der Waals surface area contributed by atoms with E-state index >= 15 is 0 Å². The van der Waals surface area contributed by atoms with E-state index in [0.717, 1.165) is 40.2 Å². The van der Waals surface area contributed by atoms with Crippen LogP contribution in [-0.2, 0) is 5.41 Å². The number of allylic oxidation sites excluding steroid dienone is 2. The number of hydrogen-bond acceptors (Lipinski definition) is 3. The van der Waals surface area contributed by atoms with Crippen LogP contribution in [0.1, 0.15) is 23.1 Å². The fourth-order valence-electron chi connectivity index (χ4n) is 7.39. The molecule has 3 nitrogen and oxygen atoms in total. The molecule has 1 unspecified atom stereocenters.